The highest BCUT2D eigenvalue weighted by atomic mass is 32.2. The van der Waals surface area contributed by atoms with Gasteiger partial charge in [-0.15, -0.1) is 0 Å². The Bertz CT molecular complexity index is 1080. The molecule has 1 saturated carbocycles. The van der Waals surface area contributed by atoms with Gasteiger partial charge in [0.15, 0.2) is 15.7 Å². The first-order chi connectivity index (χ1) is 15.1. The topological polar surface area (TPSA) is 129 Å². The van der Waals surface area contributed by atoms with E-state index in [2.05, 4.69) is 15.3 Å². The third-order valence-corrected chi connectivity index (χ3v) is 6.24. The number of carbonyl (C=O) groups excluding carboxylic acids is 1. The Morgan fingerprint density at radius 1 is 1.19 bits per heavy atom. The van der Waals surface area contributed by atoms with E-state index in [4.69, 9.17) is 5.11 Å². The van der Waals surface area contributed by atoms with E-state index in [0.29, 0.717) is 5.56 Å². The minimum absolute atomic E-state index is 0.0562. The molecule has 172 valence electrons. The third kappa shape index (κ3) is 5.72. The number of amides is 1. The fourth-order valence-electron chi connectivity index (χ4n) is 3.38. The zero-order valence-corrected chi connectivity index (χ0v) is 18.0. The molecule has 1 aliphatic carbocycles. The van der Waals surface area contributed by atoms with Crippen LogP contribution < -0.4 is 5.32 Å². The molecule has 32 heavy (non-hydrogen) atoms. The first-order valence-electron chi connectivity index (χ1n) is 9.81. The molecule has 2 aromatic rings. The maximum Gasteiger partial charge on any atom is 0.257 e. The van der Waals surface area contributed by atoms with Gasteiger partial charge in [-0.05, 0) is 36.5 Å². The Kier molecular flexibility index (Phi) is 7.32. The number of alkyl halides is 2. The van der Waals surface area contributed by atoms with Crippen molar-refractivity contribution in [2.45, 2.75) is 36.2 Å². The Labute approximate surface area is 184 Å². The Balaban J connectivity index is 1.89. The van der Waals surface area contributed by atoms with E-state index >= 15 is 0 Å². The number of anilines is 1. The van der Waals surface area contributed by atoms with Crippen LogP contribution in [0.5, 0.6) is 0 Å². The number of halogens is 2. The molecule has 0 bridgehead atoms. The van der Waals surface area contributed by atoms with Gasteiger partial charge in [0.1, 0.15) is 18.4 Å². The molecule has 1 fully saturated rings. The maximum atomic E-state index is 13.7. The van der Waals surface area contributed by atoms with Crippen LogP contribution in [0.15, 0.2) is 47.6 Å². The highest BCUT2D eigenvalue weighted by molar-refractivity contribution is 7.90. The lowest BCUT2D eigenvalue weighted by Gasteiger charge is -2.13. The van der Waals surface area contributed by atoms with E-state index in [1.54, 1.807) is 0 Å². The molecule has 0 saturated heterocycles. The van der Waals surface area contributed by atoms with Gasteiger partial charge in [-0.2, -0.15) is 0 Å². The Morgan fingerprint density at radius 2 is 1.81 bits per heavy atom. The zero-order valence-electron chi connectivity index (χ0n) is 17.1. The number of aromatic nitrogens is 2. The van der Waals surface area contributed by atoms with Gasteiger partial charge in [0.05, 0.1) is 29.6 Å². The quantitative estimate of drug-likeness (QED) is 0.531. The molecule has 1 aromatic carbocycles. The molecule has 3 N–H and O–H groups in total. The summed E-state index contributed by atoms with van der Waals surface area (Å²) in [6, 6.07) is 5.59. The summed E-state index contributed by atoms with van der Waals surface area (Å²) in [6.07, 6.45) is 0.381. The Morgan fingerprint density at radius 3 is 2.31 bits per heavy atom. The number of carbonyl (C=O) groups is 1. The van der Waals surface area contributed by atoms with Crippen LogP contribution in [-0.2, 0) is 14.6 Å². The number of nitrogens with zero attached hydrogens (tertiary/aromatic N) is 2. The summed E-state index contributed by atoms with van der Waals surface area (Å²) in [7, 11) is -3.44. The number of allylic oxidation sites excluding steroid dienone is 1. The fraction of sp³-hybridized carbons (Fsp3) is 0.381. The molecule has 1 amide bonds. The van der Waals surface area contributed by atoms with Crippen molar-refractivity contribution in [1.82, 2.24) is 9.97 Å². The van der Waals surface area contributed by atoms with Crippen LogP contribution in [0.25, 0.3) is 5.57 Å². The minimum atomic E-state index is -3.44. The predicted molar refractivity (Wildman–Crippen MR) is 113 cm³/mol. The molecule has 0 radical (unpaired) electrons. The van der Waals surface area contributed by atoms with Gasteiger partial charge >= 0.3 is 0 Å². The van der Waals surface area contributed by atoms with Crippen molar-refractivity contribution < 1.29 is 32.2 Å². The van der Waals surface area contributed by atoms with Crippen LogP contribution in [0.4, 0.5) is 14.6 Å². The normalized spacial score (nSPS) is 22.5. The fourth-order valence-corrected chi connectivity index (χ4v) is 4.01. The SMILES string of the molecule is CS(=O)(=O)c1ccc(C(=CC2C[C@@H](F)[C@@H](F)C2)C(=O)Nc2cnc(C(O)CO)cn2)cc1. The van der Waals surface area contributed by atoms with E-state index in [-0.39, 0.29) is 34.8 Å². The maximum absolute atomic E-state index is 13.7. The molecule has 1 heterocycles. The van der Waals surface area contributed by atoms with E-state index in [0.717, 1.165) is 6.26 Å². The second-order valence-corrected chi connectivity index (χ2v) is 9.64. The molecular formula is C21H23F2N3O5S. The van der Waals surface area contributed by atoms with Crippen molar-refractivity contribution in [2.24, 2.45) is 5.92 Å². The molecular weight excluding hydrogens is 444 g/mol. The molecule has 0 aliphatic heterocycles. The number of hydrogen-bond donors (Lipinski definition) is 3. The monoisotopic (exact) mass is 467 g/mol. The molecule has 11 heteroatoms. The number of rotatable bonds is 7. The summed E-state index contributed by atoms with van der Waals surface area (Å²) in [4.78, 5) is 20.9. The van der Waals surface area contributed by atoms with Crippen molar-refractivity contribution in [1.29, 1.82) is 0 Å². The standard InChI is InChI=1S/C21H23F2N3O5S/c1-32(30,31)14-4-2-13(3-5-14)15(6-12-7-16(22)17(23)8-12)21(29)26-20-10-24-18(9-25-20)19(28)11-27/h2-6,9-10,12,16-17,19,27-28H,7-8,11H2,1H3,(H,25,26,29)/t12?,16-,17+,19?. The van der Waals surface area contributed by atoms with Crippen molar-refractivity contribution in [3.05, 3.63) is 54.0 Å². The van der Waals surface area contributed by atoms with Gasteiger partial charge in [-0.1, -0.05) is 18.2 Å². The number of benzene rings is 1. The van der Waals surface area contributed by atoms with Gasteiger partial charge < -0.3 is 15.5 Å². The number of hydrogen-bond acceptors (Lipinski definition) is 7. The van der Waals surface area contributed by atoms with Gasteiger partial charge in [-0.3, -0.25) is 9.78 Å². The van der Waals surface area contributed by atoms with Crippen molar-refractivity contribution in [3.63, 3.8) is 0 Å². The molecule has 1 aromatic heterocycles. The van der Waals surface area contributed by atoms with Crippen LogP contribution >= 0.6 is 0 Å². The summed E-state index contributed by atoms with van der Waals surface area (Å²) in [5.41, 5.74) is 0.595. The van der Waals surface area contributed by atoms with E-state index in [9.17, 15) is 27.1 Å². The van der Waals surface area contributed by atoms with Crippen molar-refractivity contribution >= 4 is 27.1 Å². The van der Waals surface area contributed by atoms with Crippen LogP contribution in [0.3, 0.4) is 0 Å². The first-order valence-corrected chi connectivity index (χ1v) is 11.7. The number of nitrogens with one attached hydrogen (secondary N) is 1. The van der Waals surface area contributed by atoms with Gasteiger partial charge in [0.2, 0.25) is 0 Å². The highest BCUT2D eigenvalue weighted by Gasteiger charge is 2.34. The molecule has 0 spiro atoms. The molecule has 4 atom stereocenters. The number of aliphatic hydroxyl groups excluding tert-OH is 2. The summed E-state index contributed by atoms with van der Waals surface area (Å²) in [5, 5.41) is 21.1. The average molecular weight is 467 g/mol. The summed E-state index contributed by atoms with van der Waals surface area (Å²) in [5.74, 6) is -1.08. The molecule has 2 unspecified atom stereocenters. The molecule has 1 aliphatic rings. The van der Waals surface area contributed by atoms with Gasteiger partial charge in [0, 0.05) is 11.8 Å². The van der Waals surface area contributed by atoms with Crippen molar-refractivity contribution in [2.75, 3.05) is 18.2 Å². The number of sulfone groups is 1. The summed E-state index contributed by atoms with van der Waals surface area (Å²) in [6.45, 7) is -0.538. The highest BCUT2D eigenvalue weighted by Crippen LogP contribution is 2.34. The smallest absolute Gasteiger partial charge is 0.257 e. The van der Waals surface area contributed by atoms with Crippen LogP contribution in [0.1, 0.15) is 30.2 Å². The minimum Gasteiger partial charge on any atom is -0.393 e. The van der Waals surface area contributed by atoms with Crippen LogP contribution in [0, 0.1) is 5.92 Å². The average Bonchev–Trinajstić information content (AvgIpc) is 3.08. The van der Waals surface area contributed by atoms with Gasteiger partial charge in [0.25, 0.3) is 5.91 Å². The second kappa shape index (κ2) is 9.80. The van der Waals surface area contributed by atoms with Gasteiger partial charge in [-0.25, -0.2) is 22.2 Å². The lowest BCUT2D eigenvalue weighted by molar-refractivity contribution is -0.111. The number of aliphatic hydroxyl groups is 2. The lowest BCUT2D eigenvalue weighted by atomic mass is 9.98. The molecule has 3 rings (SSSR count). The summed E-state index contributed by atoms with van der Waals surface area (Å²) >= 11 is 0. The second-order valence-electron chi connectivity index (χ2n) is 7.62. The van der Waals surface area contributed by atoms with E-state index in [1.807, 2.05) is 0 Å². The third-order valence-electron chi connectivity index (χ3n) is 5.12. The predicted octanol–water partition coefficient (Wildman–Crippen LogP) is 2.01. The van der Waals surface area contributed by atoms with Crippen LogP contribution in [-0.4, -0.2) is 59.7 Å². The first kappa shape index (κ1) is 23.9. The summed E-state index contributed by atoms with van der Waals surface area (Å²) < 4.78 is 50.7. The van der Waals surface area contributed by atoms with Crippen LogP contribution in [0.2, 0.25) is 0 Å². The lowest BCUT2D eigenvalue weighted by Crippen LogP contribution is -2.16. The van der Waals surface area contributed by atoms with E-state index in [1.165, 1.54) is 42.7 Å². The molecule has 8 nitrogen and oxygen atoms in total. The van der Waals surface area contributed by atoms with Crippen molar-refractivity contribution in [3.8, 4) is 0 Å². The van der Waals surface area contributed by atoms with E-state index < -0.39 is 46.7 Å². The zero-order chi connectivity index (χ0) is 23.5. The largest absolute Gasteiger partial charge is 0.393 e. The Hall–Kier alpha value is -2.76.